The highest BCUT2D eigenvalue weighted by Crippen LogP contribution is 2.36. The molecule has 0 radical (unpaired) electrons. The van der Waals surface area contributed by atoms with Crippen molar-refractivity contribution in [2.45, 2.75) is 25.1 Å². The van der Waals surface area contributed by atoms with Gasteiger partial charge in [0.05, 0.1) is 11.2 Å². The maximum atomic E-state index is 13.1. The Balaban J connectivity index is 1.70. The van der Waals surface area contributed by atoms with Crippen LogP contribution in [0.2, 0.25) is 0 Å². The molecular formula is C17H14F3N5. The molecule has 0 aliphatic heterocycles. The molecule has 2 aromatic heterocycles. The van der Waals surface area contributed by atoms with Gasteiger partial charge in [-0.2, -0.15) is 18.2 Å². The summed E-state index contributed by atoms with van der Waals surface area (Å²) in [5.74, 6) is -0.0848. The molecule has 1 saturated carbocycles. The van der Waals surface area contributed by atoms with E-state index in [1.54, 1.807) is 18.3 Å². The number of benzene rings is 1. The van der Waals surface area contributed by atoms with Gasteiger partial charge in [0.1, 0.15) is 11.4 Å². The number of hydrogen-bond donors (Lipinski definition) is 2. The quantitative estimate of drug-likeness (QED) is 0.735. The fourth-order valence-corrected chi connectivity index (χ4v) is 2.51. The first kappa shape index (κ1) is 15.6. The Bertz CT molecular complexity index is 916. The molecule has 0 spiro atoms. The molecule has 1 fully saturated rings. The number of fused-ring (bicyclic) bond motifs is 1. The summed E-state index contributed by atoms with van der Waals surface area (Å²) in [6.07, 6.45) is -0.320. The number of nitrogens with zero attached hydrogens (tertiary/aromatic N) is 3. The Labute approximate surface area is 141 Å². The highest BCUT2D eigenvalue weighted by molar-refractivity contribution is 5.92. The van der Waals surface area contributed by atoms with E-state index in [0.29, 0.717) is 5.69 Å². The van der Waals surface area contributed by atoms with Gasteiger partial charge in [-0.05, 0) is 37.1 Å². The Hall–Kier alpha value is -2.90. The molecule has 0 saturated heterocycles. The lowest BCUT2D eigenvalue weighted by atomic mass is 10.2. The van der Waals surface area contributed by atoms with Gasteiger partial charge in [-0.1, -0.05) is 6.07 Å². The Morgan fingerprint density at radius 1 is 1.04 bits per heavy atom. The number of hydrogen-bond acceptors (Lipinski definition) is 5. The van der Waals surface area contributed by atoms with Crippen molar-refractivity contribution >= 4 is 28.4 Å². The van der Waals surface area contributed by atoms with Crippen LogP contribution in [0.4, 0.5) is 30.6 Å². The average Bonchev–Trinajstić information content (AvgIpc) is 3.38. The third kappa shape index (κ3) is 3.33. The fourth-order valence-electron chi connectivity index (χ4n) is 2.51. The Kier molecular flexibility index (Phi) is 3.67. The minimum atomic E-state index is -4.50. The largest absolute Gasteiger partial charge is 0.421 e. The summed E-state index contributed by atoms with van der Waals surface area (Å²) in [4.78, 5) is 12.1. The second-order valence-corrected chi connectivity index (χ2v) is 5.87. The van der Waals surface area contributed by atoms with Gasteiger partial charge in [0.2, 0.25) is 5.95 Å². The van der Waals surface area contributed by atoms with Crippen LogP contribution in [0.5, 0.6) is 0 Å². The van der Waals surface area contributed by atoms with Crippen LogP contribution in [0, 0.1) is 0 Å². The van der Waals surface area contributed by atoms with E-state index in [1.165, 1.54) is 0 Å². The van der Waals surface area contributed by atoms with Crippen molar-refractivity contribution in [3.8, 4) is 0 Å². The maximum absolute atomic E-state index is 13.1. The molecule has 8 heteroatoms. The van der Waals surface area contributed by atoms with E-state index in [4.69, 9.17) is 0 Å². The average molecular weight is 345 g/mol. The minimum absolute atomic E-state index is 0.0469. The molecule has 1 aliphatic rings. The summed E-state index contributed by atoms with van der Waals surface area (Å²) in [7, 11) is 0. The van der Waals surface area contributed by atoms with E-state index >= 15 is 0 Å². The summed E-state index contributed by atoms with van der Waals surface area (Å²) in [6, 6.07) is 9.18. The molecule has 1 aliphatic carbocycles. The van der Waals surface area contributed by atoms with Crippen LogP contribution in [0.15, 0.2) is 42.7 Å². The van der Waals surface area contributed by atoms with Crippen molar-refractivity contribution in [1.82, 2.24) is 15.0 Å². The predicted octanol–water partition coefficient (Wildman–Crippen LogP) is 4.36. The van der Waals surface area contributed by atoms with Gasteiger partial charge in [0.15, 0.2) is 0 Å². The van der Waals surface area contributed by atoms with Crippen LogP contribution in [0.3, 0.4) is 0 Å². The van der Waals surface area contributed by atoms with Crippen molar-refractivity contribution < 1.29 is 13.2 Å². The second-order valence-electron chi connectivity index (χ2n) is 5.87. The zero-order valence-electron chi connectivity index (χ0n) is 13.0. The van der Waals surface area contributed by atoms with E-state index in [1.807, 2.05) is 18.2 Å². The third-order valence-corrected chi connectivity index (χ3v) is 3.90. The lowest BCUT2D eigenvalue weighted by Crippen LogP contribution is -2.15. The standard InChI is InChI=1S/C17H14F3N5/c18-17(19,20)12-9-22-16(25-15(12)23-10-6-7-10)24-14-5-1-4-13-11(14)3-2-8-21-13/h1-5,8-10H,6-7H2,(H2,22,23,24,25). The van der Waals surface area contributed by atoms with E-state index < -0.39 is 11.7 Å². The molecule has 4 rings (SSSR count). The number of alkyl halides is 3. The van der Waals surface area contributed by atoms with Crippen LogP contribution < -0.4 is 10.6 Å². The first-order valence-corrected chi connectivity index (χ1v) is 7.82. The van der Waals surface area contributed by atoms with Crippen LogP contribution >= 0.6 is 0 Å². The zero-order valence-corrected chi connectivity index (χ0v) is 13.0. The van der Waals surface area contributed by atoms with Crippen LogP contribution in [-0.4, -0.2) is 21.0 Å². The van der Waals surface area contributed by atoms with E-state index in [-0.39, 0.29) is 17.8 Å². The second kappa shape index (κ2) is 5.87. The van der Waals surface area contributed by atoms with Crippen molar-refractivity contribution in [2.75, 3.05) is 10.6 Å². The molecule has 0 atom stereocenters. The summed E-state index contributed by atoms with van der Waals surface area (Å²) in [5, 5.41) is 6.66. The number of nitrogens with one attached hydrogen (secondary N) is 2. The molecule has 25 heavy (non-hydrogen) atoms. The fraction of sp³-hybridized carbons (Fsp3) is 0.235. The molecule has 0 amide bonds. The van der Waals surface area contributed by atoms with Gasteiger partial charge in [-0.15, -0.1) is 0 Å². The summed E-state index contributed by atoms with van der Waals surface area (Å²) < 4.78 is 39.4. The van der Waals surface area contributed by atoms with Crippen molar-refractivity contribution in [1.29, 1.82) is 0 Å². The van der Waals surface area contributed by atoms with E-state index in [2.05, 4.69) is 25.6 Å². The summed E-state index contributed by atoms with van der Waals surface area (Å²) in [6.45, 7) is 0. The molecule has 2 N–H and O–H groups in total. The molecule has 128 valence electrons. The number of anilines is 3. The summed E-state index contributed by atoms with van der Waals surface area (Å²) in [5.41, 5.74) is 0.600. The summed E-state index contributed by atoms with van der Waals surface area (Å²) >= 11 is 0. The van der Waals surface area contributed by atoms with Crippen LogP contribution in [0.25, 0.3) is 10.9 Å². The minimum Gasteiger partial charge on any atom is -0.367 e. The monoisotopic (exact) mass is 345 g/mol. The van der Waals surface area contributed by atoms with Gasteiger partial charge < -0.3 is 10.6 Å². The predicted molar refractivity (Wildman–Crippen MR) is 88.7 cm³/mol. The topological polar surface area (TPSA) is 62.7 Å². The van der Waals surface area contributed by atoms with Crippen LogP contribution in [-0.2, 0) is 6.18 Å². The first-order chi connectivity index (χ1) is 12.0. The zero-order chi connectivity index (χ0) is 17.4. The van der Waals surface area contributed by atoms with Crippen molar-refractivity contribution in [3.05, 3.63) is 48.3 Å². The normalized spacial score (nSPS) is 14.5. The van der Waals surface area contributed by atoms with E-state index in [9.17, 15) is 13.2 Å². The lowest BCUT2D eigenvalue weighted by Gasteiger charge is -2.15. The maximum Gasteiger partial charge on any atom is 0.421 e. The molecular weight excluding hydrogens is 331 g/mol. The first-order valence-electron chi connectivity index (χ1n) is 7.82. The van der Waals surface area contributed by atoms with E-state index in [0.717, 1.165) is 29.9 Å². The molecule has 2 heterocycles. The molecule has 0 bridgehead atoms. The molecule has 1 aromatic carbocycles. The Morgan fingerprint density at radius 2 is 1.88 bits per heavy atom. The van der Waals surface area contributed by atoms with Crippen LogP contribution in [0.1, 0.15) is 18.4 Å². The van der Waals surface area contributed by atoms with Gasteiger partial charge in [-0.3, -0.25) is 4.98 Å². The van der Waals surface area contributed by atoms with Gasteiger partial charge in [0, 0.05) is 23.8 Å². The van der Waals surface area contributed by atoms with Crippen molar-refractivity contribution in [2.24, 2.45) is 0 Å². The Morgan fingerprint density at radius 3 is 2.64 bits per heavy atom. The van der Waals surface area contributed by atoms with Gasteiger partial charge in [0.25, 0.3) is 0 Å². The molecule has 3 aromatic rings. The smallest absolute Gasteiger partial charge is 0.367 e. The highest BCUT2D eigenvalue weighted by atomic mass is 19.4. The highest BCUT2D eigenvalue weighted by Gasteiger charge is 2.36. The third-order valence-electron chi connectivity index (χ3n) is 3.90. The van der Waals surface area contributed by atoms with Crippen molar-refractivity contribution in [3.63, 3.8) is 0 Å². The molecule has 0 unspecified atom stereocenters. The number of aromatic nitrogens is 3. The number of halogens is 3. The SMILES string of the molecule is FC(F)(F)c1cnc(Nc2cccc3ncccc23)nc1NC1CC1. The van der Waals surface area contributed by atoms with Gasteiger partial charge in [-0.25, -0.2) is 4.98 Å². The molecule has 5 nitrogen and oxygen atoms in total. The lowest BCUT2D eigenvalue weighted by molar-refractivity contribution is -0.137. The number of rotatable bonds is 4. The number of pyridine rings is 1. The van der Waals surface area contributed by atoms with Gasteiger partial charge >= 0.3 is 6.18 Å².